The molecule has 0 atom stereocenters. The van der Waals surface area contributed by atoms with E-state index < -0.39 is 0 Å². The molecule has 0 aliphatic rings. The molecule has 0 aromatic carbocycles. The first-order chi connectivity index (χ1) is 7.91. The maximum absolute atomic E-state index is 8.23. The van der Waals surface area contributed by atoms with E-state index in [1.54, 1.807) is 12.5 Å². The second kappa shape index (κ2) is 13.1. The summed E-state index contributed by atoms with van der Waals surface area (Å²) in [6.07, 6.45) is 9.58. The van der Waals surface area contributed by atoms with Crippen LogP contribution in [0.15, 0.2) is 24.7 Å². The molecule has 0 aliphatic carbocycles. The summed E-state index contributed by atoms with van der Waals surface area (Å²) in [6.45, 7) is 0.889. The molecule has 0 saturated heterocycles. The van der Waals surface area contributed by atoms with Crippen molar-refractivity contribution in [3.05, 3.63) is 24.7 Å². The molecule has 0 fully saturated rings. The van der Waals surface area contributed by atoms with E-state index in [1.807, 2.05) is 24.3 Å². The van der Waals surface area contributed by atoms with Gasteiger partial charge in [-0.1, -0.05) is 0 Å². The first-order valence-corrected chi connectivity index (χ1v) is 5.19. The quantitative estimate of drug-likeness (QED) is 0.442. The lowest BCUT2D eigenvalue weighted by Gasteiger charge is -1.94. The first-order valence-electron chi connectivity index (χ1n) is 5.19. The van der Waals surface area contributed by atoms with Crippen LogP contribution in [-0.2, 0) is 9.47 Å². The largest absolute Gasteiger partial charge is 0.500 e. The molecule has 4 heteroatoms. The van der Waals surface area contributed by atoms with Gasteiger partial charge in [-0.05, 0) is 25.0 Å². The lowest BCUT2D eigenvalue weighted by molar-refractivity contribution is 0.255. The van der Waals surface area contributed by atoms with Crippen molar-refractivity contribution in [1.29, 1.82) is 10.5 Å². The van der Waals surface area contributed by atoms with Crippen LogP contribution in [0.4, 0.5) is 0 Å². The monoisotopic (exact) mass is 220 g/mol. The van der Waals surface area contributed by atoms with E-state index in [-0.39, 0.29) is 0 Å². The van der Waals surface area contributed by atoms with Gasteiger partial charge in [-0.25, -0.2) is 0 Å². The molecular formula is C12H16N2O2. The van der Waals surface area contributed by atoms with E-state index in [1.165, 1.54) is 0 Å². The maximum Gasteiger partial charge on any atom is 0.100 e. The molecule has 0 aliphatic heterocycles. The molecule has 0 saturated carbocycles. The van der Waals surface area contributed by atoms with Crippen LogP contribution in [0.2, 0.25) is 0 Å². The number of unbranched alkanes of at least 4 members (excludes halogenated alkanes) is 1. The third-order valence-electron chi connectivity index (χ3n) is 1.55. The van der Waals surface area contributed by atoms with Crippen LogP contribution in [0.25, 0.3) is 0 Å². The Labute approximate surface area is 96.4 Å². The first kappa shape index (κ1) is 14.1. The minimum absolute atomic E-state index is 0.414. The Morgan fingerprint density at radius 3 is 1.62 bits per heavy atom. The van der Waals surface area contributed by atoms with Crippen molar-refractivity contribution in [2.24, 2.45) is 0 Å². The smallest absolute Gasteiger partial charge is 0.100 e. The van der Waals surface area contributed by atoms with E-state index in [9.17, 15) is 0 Å². The van der Waals surface area contributed by atoms with Crippen LogP contribution < -0.4 is 0 Å². The Morgan fingerprint density at radius 2 is 1.25 bits per heavy atom. The molecule has 0 radical (unpaired) electrons. The van der Waals surface area contributed by atoms with Gasteiger partial charge in [0.1, 0.15) is 13.2 Å². The van der Waals surface area contributed by atoms with Gasteiger partial charge in [0.25, 0.3) is 0 Å². The number of hydrogen-bond donors (Lipinski definition) is 0. The number of hydrogen-bond acceptors (Lipinski definition) is 4. The Morgan fingerprint density at radius 1 is 0.812 bits per heavy atom. The van der Waals surface area contributed by atoms with Gasteiger partial charge in [0.2, 0.25) is 0 Å². The molecule has 0 aromatic heterocycles. The molecular weight excluding hydrogens is 204 g/mol. The fourth-order valence-electron chi connectivity index (χ4n) is 0.810. The second-order valence-corrected chi connectivity index (χ2v) is 2.88. The van der Waals surface area contributed by atoms with Crippen molar-refractivity contribution in [3.8, 4) is 12.1 Å². The summed E-state index contributed by atoms with van der Waals surface area (Å²) in [6, 6.07) is 3.99. The van der Waals surface area contributed by atoms with Gasteiger partial charge >= 0.3 is 0 Å². The molecule has 86 valence electrons. The van der Waals surface area contributed by atoms with Crippen molar-refractivity contribution < 1.29 is 9.47 Å². The highest BCUT2D eigenvalue weighted by atomic mass is 16.5. The minimum Gasteiger partial charge on any atom is -0.500 e. The third kappa shape index (κ3) is 12.1. The summed E-state index contributed by atoms with van der Waals surface area (Å²) >= 11 is 0. The lowest BCUT2D eigenvalue weighted by atomic mass is 10.3. The minimum atomic E-state index is 0.414. The SMILES string of the molecule is N#CCCOC=CCCC=COCCC#N. The van der Waals surface area contributed by atoms with E-state index in [2.05, 4.69) is 0 Å². The molecule has 0 spiro atoms. The summed E-state index contributed by atoms with van der Waals surface area (Å²) < 4.78 is 10.1. The molecule has 0 unspecified atom stereocenters. The normalized spacial score (nSPS) is 10.1. The molecule has 16 heavy (non-hydrogen) atoms. The molecule has 0 bridgehead atoms. The molecule has 0 aromatic rings. The molecule has 0 heterocycles. The second-order valence-electron chi connectivity index (χ2n) is 2.88. The highest BCUT2D eigenvalue weighted by Crippen LogP contribution is 1.94. The standard InChI is InChI=1S/C12H16N2O2/c13-7-5-11-15-9-3-1-2-4-10-16-12-6-8-14/h3-4,9-10H,1-2,5-6,11-12H2. The summed E-state index contributed by atoms with van der Waals surface area (Å²) in [4.78, 5) is 0. The summed E-state index contributed by atoms with van der Waals surface area (Å²) in [5.41, 5.74) is 0. The third-order valence-corrected chi connectivity index (χ3v) is 1.55. The highest BCUT2D eigenvalue weighted by molar-refractivity contribution is 4.82. The zero-order chi connectivity index (χ0) is 11.9. The Balaban J connectivity index is 3.20. The molecule has 0 rings (SSSR count). The van der Waals surface area contributed by atoms with E-state index in [0.29, 0.717) is 26.1 Å². The zero-order valence-electron chi connectivity index (χ0n) is 9.26. The van der Waals surface area contributed by atoms with Gasteiger partial charge < -0.3 is 9.47 Å². The number of nitriles is 2. The van der Waals surface area contributed by atoms with Crippen molar-refractivity contribution in [3.63, 3.8) is 0 Å². The molecule has 0 N–H and O–H groups in total. The van der Waals surface area contributed by atoms with Crippen LogP contribution in [0, 0.1) is 22.7 Å². The number of nitrogens with zero attached hydrogens (tertiary/aromatic N) is 2. The Bertz CT molecular complexity index is 254. The fraction of sp³-hybridized carbons (Fsp3) is 0.500. The van der Waals surface area contributed by atoms with Crippen LogP contribution in [0.3, 0.4) is 0 Å². The van der Waals surface area contributed by atoms with E-state index >= 15 is 0 Å². The zero-order valence-corrected chi connectivity index (χ0v) is 9.26. The highest BCUT2D eigenvalue weighted by Gasteiger charge is 1.82. The topological polar surface area (TPSA) is 66.0 Å². The van der Waals surface area contributed by atoms with Crippen LogP contribution in [0.5, 0.6) is 0 Å². The Hall–Kier alpha value is -1.94. The number of rotatable bonds is 9. The maximum atomic E-state index is 8.23. The van der Waals surface area contributed by atoms with Crippen molar-refractivity contribution >= 4 is 0 Å². The van der Waals surface area contributed by atoms with E-state index in [4.69, 9.17) is 20.0 Å². The van der Waals surface area contributed by atoms with Crippen molar-refractivity contribution in [2.45, 2.75) is 25.7 Å². The van der Waals surface area contributed by atoms with Gasteiger partial charge in [-0.2, -0.15) is 10.5 Å². The van der Waals surface area contributed by atoms with Gasteiger partial charge in [0, 0.05) is 0 Å². The predicted molar refractivity (Wildman–Crippen MR) is 59.9 cm³/mol. The van der Waals surface area contributed by atoms with Gasteiger partial charge in [-0.15, -0.1) is 0 Å². The summed E-state index contributed by atoms with van der Waals surface area (Å²) in [5.74, 6) is 0. The summed E-state index contributed by atoms with van der Waals surface area (Å²) in [7, 11) is 0. The fourth-order valence-corrected chi connectivity index (χ4v) is 0.810. The Kier molecular flexibility index (Phi) is 11.5. The van der Waals surface area contributed by atoms with Crippen LogP contribution >= 0.6 is 0 Å². The molecule has 4 nitrogen and oxygen atoms in total. The van der Waals surface area contributed by atoms with Crippen LogP contribution in [0.1, 0.15) is 25.7 Å². The van der Waals surface area contributed by atoms with Crippen molar-refractivity contribution in [2.75, 3.05) is 13.2 Å². The van der Waals surface area contributed by atoms with Gasteiger partial charge in [-0.3, -0.25) is 0 Å². The average molecular weight is 220 g/mol. The van der Waals surface area contributed by atoms with E-state index in [0.717, 1.165) is 12.8 Å². The lowest BCUT2D eigenvalue weighted by Crippen LogP contribution is -1.84. The van der Waals surface area contributed by atoms with Crippen molar-refractivity contribution in [1.82, 2.24) is 0 Å². The van der Waals surface area contributed by atoms with Gasteiger partial charge in [0.15, 0.2) is 0 Å². The summed E-state index contributed by atoms with van der Waals surface area (Å²) in [5, 5.41) is 16.5. The van der Waals surface area contributed by atoms with Crippen LogP contribution in [-0.4, -0.2) is 13.2 Å². The average Bonchev–Trinajstić information content (AvgIpc) is 2.31. The number of ether oxygens (including phenoxy) is 2. The number of allylic oxidation sites excluding steroid dienone is 2. The van der Waals surface area contributed by atoms with Gasteiger partial charge in [0.05, 0.1) is 37.5 Å². The predicted octanol–water partition coefficient (Wildman–Crippen LogP) is 2.65. The molecule has 0 amide bonds.